The quantitative estimate of drug-likeness (QED) is 0.710. The minimum Gasteiger partial charge on any atom is -0.379 e. The van der Waals surface area contributed by atoms with Crippen molar-refractivity contribution in [3.8, 4) is 5.82 Å². The van der Waals surface area contributed by atoms with Crippen LogP contribution in [0.1, 0.15) is 35.8 Å². The van der Waals surface area contributed by atoms with Gasteiger partial charge in [-0.3, -0.25) is 14.5 Å². The van der Waals surface area contributed by atoms with E-state index in [9.17, 15) is 9.59 Å². The minimum absolute atomic E-state index is 0.0360. The molecule has 0 radical (unpaired) electrons. The summed E-state index contributed by atoms with van der Waals surface area (Å²) in [6.45, 7) is 9.64. The molecule has 2 aromatic heterocycles. The zero-order valence-corrected chi connectivity index (χ0v) is 18.2. The van der Waals surface area contributed by atoms with E-state index in [0.29, 0.717) is 57.3 Å². The van der Waals surface area contributed by atoms with Crippen LogP contribution in [0.5, 0.6) is 0 Å². The number of morpholine rings is 1. The van der Waals surface area contributed by atoms with E-state index in [1.54, 1.807) is 17.1 Å². The van der Waals surface area contributed by atoms with Crippen LogP contribution in [0.25, 0.3) is 5.82 Å². The number of hydrogen-bond acceptors (Lipinski definition) is 6. The van der Waals surface area contributed by atoms with Gasteiger partial charge in [-0.15, -0.1) is 0 Å². The minimum atomic E-state index is -0.0360. The fourth-order valence-electron chi connectivity index (χ4n) is 4.12. The number of nitrogens with zero attached hydrogens (tertiary/aromatic N) is 6. The van der Waals surface area contributed by atoms with Gasteiger partial charge in [-0.25, -0.2) is 9.67 Å². The van der Waals surface area contributed by atoms with Crippen molar-refractivity contribution in [2.75, 3.05) is 59.0 Å². The Morgan fingerprint density at radius 2 is 1.74 bits per heavy atom. The summed E-state index contributed by atoms with van der Waals surface area (Å²) in [5, 5.41) is 4.46. The zero-order chi connectivity index (χ0) is 21.8. The van der Waals surface area contributed by atoms with Crippen molar-refractivity contribution in [3.63, 3.8) is 0 Å². The summed E-state index contributed by atoms with van der Waals surface area (Å²) in [5.74, 6) is 0.898. The molecule has 166 valence electrons. The van der Waals surface area contributed by atoms with E-state index in [2.05, 4.69) is 28.8 Å². The van der Waals surface area contributed by atoms with Crippen LogP contribution in [0.4, 0.5) is 0 Å². The Labute approximate surface area is 182 Å². The number of amides is 2. The third-order valence-corrected chi connectivity index (χ3v) is 5.83. The van der Waals surface area contributed by atoms with Crippen molar-refractivity contribution in [1.29, 1.82) is 0 Å². The first-order valence-electron chi connectivity index (χ1n) is 10.9. The van der Waals surface area contributed by atoms with Gasteiger partial charge in [0.25, 0.3) is 5.91 Å². The normalized spacial score (nSPS) is 17.9. The summed E-state index contributed by atoms with van der Waals surface area (Å²) in [5.41, 5.74) is 1.46. The largest absolute Gasteiger partial charge is 0.379 e. The predicted octanol–water partition coefficient (Wildman–Crippen LogP) is 1.01. The highest BCUT2D eigenvalue weighted by Crippen LogP contribution is 2.24. The lowest BCUT2D eigenvalue weighted by Gasteiger charge is -2.36. The SMILES string of the molecule is CC(C)c1c(C(=O)N2CCN(C(=O)CN3CCOCC3)CC2)cnn1-c1ccccn1. The van der Waals surface area contributed by atoms with E-state index < -0.39 is 0 Å². The van der Waals surface area contributed by atoms with Crippen LogP contribution in [-0.2, 0) is 9.53 Å². The number of carbonyl (C=O) groups excluding carboxylic acids is 2. The Morgan fingerprint density at radius 1 is 1.03 bits per heavy atom. The second-order valence-electron chi connectivity index (χ2n) is 8.26. The molecule has 0 atom stereocenters. The lowest BCUT2D eigenvalue weighted by molar-refractivity contribution is -0.134. The van der Waals surface area contributed by atoms with Gasteiger partial charge in [-0.05, 0) is 18.1 Å². The summed E-state index contributed by atoms with van der Waals surface area (Å²) in [4.78, 5) is 36.1. The number of carbonyl (C=O) groups is 2. The molecule has 0 N–H and O–H groups in total. The van der Waals surface area contributed by atoms with Crippen LogP contribution < -0.4 is 0 Å². The number of ether oxygens (including phenoxy) is 1. The van der Waals surface area contributed by atoms with E-state index in [0.717, 1.165) is 18.8 Å². The number of hydrogen-bond donors (Lipinski definition) is 0. The molecule has 0 saturated carbocycles. The second kappa shape index (κ2) is 9.57. The van der Waals surface area contributed by atoms with E-state index in [-0.39, 0.29) is 17.7 Å². The van der Waals surface area contributed by atoms with Crippen LogP contribution in [0.3, 0.4) is 0 Å². The van der Waals surface area contributed by atoms with Crippen molar-refractivity contribution >= 4 is 11.8 Å². The van der Waals surface area contributed by atoms with Gasteiger partial charge >= 0.3 is 0 Å². The monoisotopic (exact) mass is 426 g/mol. The van der Waals surface area contributed by atoms with Crippen molar-refractivity contribution in [1.82, 2.24) is 29.5 Å². The third kappa shape index (κ3) is 4.77. The molecular formula is C22H30N6O3. The maximum absolute atomic E-state index is 13.3. The average Bonchev–Trinajstić information content (AvgIpc) is 3.25. The summed E-state index contributed by atoms with van der Waals surface area (Å²) >= 11 is 0. The van der Waals surface area contributed by atoms with Crippen LogP contribution in [0.2, 0.25) is 0 Å². The molecule has 31 heavy (non-hydrogen) atoms. The Morgan fingerprint density at radius 3 is 2.39 bits per heavy atom. The highest BCUT2D eigenvalue weighted by Gasteiger charge is 2.29. The van der Waals surface area contributed by atoms with Crippen LogP contribution in [-0.4, -0.2) is 100 Å². The Hall–Kier alpha value is -2.78. The van der Waals surface area contributed by atoms with E-state index in [4.69, 9.17) is 4.74 Å². The highest BCUT2D eigenvalue weighted by molar-refractivity contribution is 5.95. The van der Waals surface area contributed by atoms with Gasteiger partial charge < -0.3 is 14.5 Å². The molecule has 9 nitrogen and oxygen atoms in total. The van der Waals surface area contributed by atoms with Gasteiger partial charge in [-0.1, -0.05) is 19.9 Å². The molecule has 4 heterocycles. The van der Waals surface area contributed by atoms with Crippen molar-refractivity contribution in [3.05, 3.63) is 41.9 Å². The average molecular weight is 427 g/mol. The maximum atomic E-state index is 13.3. The summed E-state index contributed by atoms with van der Waals surface area (Å²) in [6, 6.07) is 5.64. The van der Waals surface area contributed by atoms with Gasteiger partial charge in [0.2, 0.25) is 5.91 Å². The first-order valence-corrected chi connectivity index (χ1v) is 10.9. The number of piperazine rings is 1. The van der Waals surface area contributed by atoms with E-state index >= 15 is 0 Å². The molecule has 2 saturated heterocycles. The zero-order valence-electron chi connectivity index (χ0n) is 18.2. The van der Waals surface area contributed by atoms with Crippen molar-refractivity contribution < 1.29 is 14.3 Å². The highest BCUT2D eigenvalue weighted by atomic mass is 16.5. The topological polar surface area (TPSA) is 83.8 Å². The summed E-state index contributed by atoms with van der Waals surface area (Å²) < 4.78 is 7.09. The Bertz CT molecular complexity index is 899. The van der Waals surface area contributed by atoms with Crippen LogP contribution >= 0.6 is 0 Å². The van der Waals surface area contributed by atoms with Crippen LogP contribution in [0.15, 0.2) is 30.6 Å². The third-order valence-electron chi connectivity index (χ3n) is 5.83. The lowest BCUT2D eigenvalue weighted by atomic mass is 10.0. The molecule has 0 spiro atoms. The molecule has 0 bridgehead atoms. The first-order chi connectivity index (χ1) is 15.0. The van der Waals surface area contributed by atoms with E-state index in [1.165, 1.54) is 0 Å². The molecule has 9 heteroatoms. The van der Waals surface area contributed by atoms with Crippen molar-refractivity contribution in [2.24, 2.45) is 0 Å². The molecule has 2 amide bonds. The number of rotatable bonds is 5. The summed E-state index contributed by atoms with van der Waals surface area (Å²) in [7, 11) is 0. The number of pyridine rings is 1. The molecule has 0 aromatic carbocycles. The maximum Gasteiger partial charge on any atom is 0.257 e. The van der Waals surface area contributed by atoms with Gasteiger partial charge in [0.1, 0.15) is 0 Å². The predicted molar refractivity (Wildman–Crippen MR) is 115 cm³/mol. The molecule has 0 unspecified atom stereocenters. The Balaban J connectivity index is 1.41. The molecule has 2 fully saturated rings. The Kier molecular flexibility index (Phi) is 6.62. The lowest BCUT2D eigenvalue weighted by Crippen LogP contribution is -2.53. The van der Waals surface area contributed by atoms with Gasteiger partial charge in [0.05, 0.1) is 37.2 Å². The fraction of sp³-hybridized carbons (Fsp3) is 0.545. The standard InChI is InChI=1S/C22H30N6O3/c1-17(2)21-18(15-24-28(21)19-5-3-4-6-23-19)22(30)27-9-7-26(8-10-27)20(29)16-25-11-13-31-14-12-25/h3-6,15,17H,7-14,16H2,1-2H3. The smallest absolute Gasteiger partial charge is 0.257 e. The van der Waals surface area contributed by atoms with Gasteiger partial charge in [-0.2, -0.15) is 5.10 Å². The molecule has 2 aliphatic rings. The van der Waals surface area contributed by atoms with Gasteiger partial charge in [0.15, 0.2) is 5.82 Å². The second-order valence-corrected chi connectivity index (χ2v) is 8.26. The molecule has 4 rings (SSSR count). The number of aromatic nitrogens is 3. The van der Waals surface area contributed by atoms with Crippen LogP contribution in [0, 0.1) is 0 Å². The molecule has 2 aliphatic heterocycles. The molecule has 0 aliphatic carbocycles. The molecule has 2 aromatic rings. The fourth-order valence-corrected chi connectivity index (χ4v) is 4.12. The van der Waals surface area contributed by atoms with Crippen molar-refractivity contribution in [2.45, 2.75) is 19.8 Å². The molecular weight excluding hydrogens is 396 g/mol. The van der Waals surface area contributed by atoms with E-state index in [1.807, 2.05) is 28.0 Å². The van der Waals surface area contributed by atoms with Gasteiger partial charge in [0, 0.05) is 45.5 Å². The first kappa shape index (κ1) is 21.5. The summed E-state index contributed by atoms with van der Waals surface area (Å²) in [6.07, 6.45) is 3.36.